The maximum Gasteiger partial charge on any atom is 0.231 e. The minimum atomic E-state index is -0.180. The summed E-state index contributed by atoms with van der Waals surface area (Å²) in [7, 11) is 0. The van der Waals surface area contributed by atoms with Crippen LogP contribution in [0.5, 0.6) is 0 Å². The number of anilines is 1. The Hall–Kier alpha value is -1.88. The number of nitrogen functional groups attached to an aromatic ring is 1. The highest BCUT2D eigenvalue weighted by atomic mass is 16.5. The predicted octanol–water partition coefficient (Wildman–Crippen LogP) is 3.37. The summed E-state index contributed by atoms with van der Waals surface area (Å²) < 4.78 is 11.1. The first-order chi connectivity index (χ1) is 9.90. The second kappa shape index (κ2) is 6.26. The number of rotatable bonds is 5. The molecule has 1 heterocycles. The lowest BCUT2D eigenvalue weighted by atomic mass is 9.88. The Morgan fingerprint density at radius 1 is 1.33 bits per heavy atom. The molecular formula is C16H23N3O2. The summed E-state index contributed by atoms with van der Waals surface area (Å²) in [6.07, 6.45) is 0.391. The SMILES string of the molecule is CCOC(c1noc(Cc2cccc(N)c2)n1)C(C)(C)C. The van der Waals surface area contributed by atoms with Gasteiger partial charge in [0.2, 0.25) is 11.7 Å². The van der Waals surface area contributed by atoms with Crippen molar-refractivity contribution in [3.05, 3.63) is 41.5 Å². The van der Waals surface area contributed by atoms with E-state index in [-0.39, 0.29) is 11.5 Å². The standard InChI is InChI=1S/C16H23N3O2/c1-5-20-14(16(2,3)4)15-18-13(21-19-15)10-11-7-6-8-12(17)9-11/h6-9,14H,5,10,17H2,1-4H3. The molecule has 5 nitrogen and oxygen atoms in total. The third-order valence-corrected chi connectivity index (χ3v) is 3.14. The minimum Gasteiger partial charge on any atom is -0.399 e. The summed E-state index contributed by atoms with van der Waals surface area (Å²) in [5.41, 5.74) is 7.47. The van der Waals surface area contributed by atoms with Crippen molar-refractivity contribution in [3.63, 3.8) is 0 Å². The van der Waals surface area contributed by atoms with Crippen LogP contribution in [0, 0.1) is 5.41 Å². The van der Waals surface area contributed by atoms with E-state index < -0.39 is 0 Å². The van der Waals surface area contributed by atoms with Crippen LogP contribution < -0.4 is 5.73 Å². The smallest absolute Gasteiger partial charge is 0.231 e. The number of hydrogen-bond acceptors (Lipinski definition) is 5. The molecule has 0 aliphatic heterocycles. The molecule has 0 amide bonds. The van der Waals surface area contributed by atoms with Crippen molar-refractivity contribution < 1.29 is 9.26 Å². The monoisotopic (exact) mass is 289 g/mol. The second-order valence-electron chi connectivity index (χ2n) is 6.17. The van der Waals surface area contributed by atoms with Gasteiger partial charge in [0.1, 0.15) is 6.10 Å². The molecule has 2 N–H and O–H groups in total. The number of benzene rings is 1. The highest BCUT2D eigenvalue weighted by Crippen LogP contribution is 2.34. The van der Waals surface area contributed by atoms with Gasteiger partial charge in [0, 0.05) is 12.3 Å². The molecule has 0 spiro atoms. The number of aromatic nitrogens is 2. The summed E-state index contributed by atoms with van der Waals surface area (Å²) in [5, 5.41) is 4.08. The number of hydrogen-bond donors (Lipinski definition) is 1. The van der Waals surface area contributed by atoms with Gasteiger partial charge in [-0.05, 0) is 30.0 Å². The van der Waals surface area contributed by atoms with E-state index in [1.54, 1.807) is 0 Å². The van der Waals surface area contributed by atoms with Gasteiger partial charge < -0.3 is 15.0 Å². The van der Waals surface area contributed by atoms with E-state index in [0.717, 1.165) is 11.3 Å². The summed E-state index contributed by atoms with van der Waals surface area (Å²) >= 11 is 0. The summed E-state index contributed by atoms with van der Waals surface area (Å²) in [6, 6.07) is 7.67. The Balaban J connectivity index is 2.17. The van der Waals surface area contributed by atoms with Crippen molar-refractivity contribution in [2.24, 2.45) is 5.41 Å². The molecule has 0 aliphatic carbocycles. The van der Waals surface area contributed by atoms with Crippen molar-refractivity contribution in [2.45, 2.75) is 40.2 Å². The molecule has 2 rings (SSSR count). The number of nitrogens with zero attached hydrogens (tertiary/aromatic N) is 2. The fourth-order valence-corrected chi connectivity index (χ4v) is 2.20. The Labute approximate surface area is 125 Å². The lowest BCUT2D eigenvalue weighted by Crippen LogP contribution is -2.22. The van der Waals surface area contributed by atoms with Crippen LogP contribution in [0.3, 0.4) is 0 Å². The normalized spacial score (nSPS) is 13.3. The molecule has 1 unspecified atom stereocenters. The molecule has 1 aromatic carbocycles. The van der Waals surface area contributed by atoms with E-state index in [4.69, 9.17) is 15.0 Å². The second-order valence-corrected chi connectivity index (χ2v) is 6.17. The zero-order valence-electron chi connectivity index (χ0n) is 13.1. The van der Waals surface area contributed by atoms with Crippen molar-refractivity contribution in [1.82, 2.24) is 10.1 Å². The first-order valence-electron chi connectivity index (χ1n) is 7.18. The zero-order valence-corrected chi connectivity index (χ0v) is 13.1. The molecule has 21 heavy (non-hydrogen) atoms. The molecule has 5 heteroatoms. The average molecular weight is 289 g/mol. The van der Waals surface area contributed by atoms with E-state index in [0.29, 0.717) is 24.7 Å². The third kappa shape index (κ3) is 4.04. The average Bonchev–Trinajstić information content (AvgIpc) is 2.82. The lowest BCUT2D eigenvalue weighted by Gasteiger charge is -2.27. The Morgan fingerprint density at radius 2 is 2.10 bits per heavy atom. The van der Waals surface area contributed by atoms with Gasteiger partial charge in [0.25, 0.3) is 0 Å². The maximum absolute atomic E-state index is 5.78. The topological polar surface area (TPSA) is 74.2 Å². The van der Waals surface area contributed by atoms with Crippen LogP contribution in [0.2, 0.25) is 0 Å². The Morgan fingerprint density at radius 3 is 2.71 bits per heavy atom. The molecule has 114 valence electrons. The summed E-state index contributed by atoms with van der Waals surface area (Å²) in [5.74, 6) is 1.17. The van der Waals surface area contributed by atoms with Gasteiger partial charge in [0.15, 0.2) is 0 Å². The Bertz CT molecular complexity index is 587. The van der Waals surface area contributed by atoms with Gasteiger partial charge in [-0.2, -0.15) is 4.98 Å². The first-order valence-corrected chi connectivity index (χ1v) is 7.18. The van der Waals surface area contributed by atoms with Gasteiger partial charge in [-0.1, -0.05) is 38.1 Å². The largest absolute Gasteiger partial charge is 0.399 e. The van der Waals surface area contributed by atoms with Gasteiger partial charge in [-0.15, -0.1) is 0 Å². The molecule has 1 aromatic heterocycles. The predicted molar refractivity (Wildman–Crippen MR) is 81.8 cm³/mol. The minimum absolute atomic E-state index is 0.0890. The van der Waals surface area contributed by atoms with E-state index in [1.807, 2.05) is 31.2 Å². The van der Waals surface area contributed by atoms with E-state index in [2.05, 4.69) is 30.9 Å². The van der Waals surface area contributed by atoms with Crippen LogP contribution in [0.25, 0.3) is 0 Å². The highest BCUT2D eigenvalue weighted by Gasteiger charge is 2.31. The zero-order chi connectivity index (χ0) is 15.5. The van der Waals surface area contributed by atoms with Crippen LogP contribution in [-0.2, 0) is 11.2 Å². The fraction of sp³-hybridized carbons (Fsp3) is 0.500. The van der Waals surface area contributed by atoms with Crippen LogP contribution in [0.15, 0.2) is 28.8 Å². The Kier molecular flexibility index (Phi) is 4.63. The van der Waals surface area contributed by atoms with Crippen molar-refractivity contribution in [1.29, 1.82) is 0 Å². The molecule has 2 aromatic rings. The van der Waals surface area contributed by atoms with Crippen LogP contribution in [0.4, 0.5) is 5.69 Å². The van der Waals surface area contributed by atoms with E-state index >= 15 is 0 Å². The third-order valence-electron chi connectivity index (χ3n) is 3.14. The molecule has 1 atom stereocenters. The van der Waals surface area contributed by atoms with Gasteiger partial charge >= 0.3 is 0 Å². The molecule has 0 radical (unpaired) electrons. The molecular weight excluding hydrogens is 266 g/mol. The van der Waals surface area contributed by atoms with Crippen molar-refractivity contribution >= 4 is 5.69 Å². The first kappa shape index (κ1) is 15.5. The van der Waals surface area contributed by atoms with Crippen molar-refractivity contribution in [3.8, 4) is 0 Å². The molecule has 0 aliphatic rings. The van der Waals surface area contributed by atoms with Crippen molar-refractivity contribution in [2.75, 3.05) is 12.3 Å². The van der Waals surface area contributed by atoms with Crippen LogP contribution >= 0.6 is 0 Å². The van der Waals surface area contributed by atoms with Gasteiger partial charge in [-0.3, -0.25) is 0 Å². The molecule has 0 saturated heterocycles. The number of nitrogens with two attached hydrogens (primary N) is 1. The van der Waals surface area contributed by atoms with Crippen LogP contribution in [0.1, 0.15) is 51.1 Å². The van der Waals surface area contributed by atoms with E-state index in [9.17, 15) is 0 Å². The van der Waals surface area contributed by atoms with Gasteiger partial charge in [0.05, 0.1) is 6.42 Å². The maximum atomic E-state index is 5.78. The summed E-state index contributed by atoms with van der Waals surface area (Å²) in [6.45, 7) is 8.87. The quantitative estimate of drug-likeness (QED) is 0.854. The molecule has 0 bridgehead atoms. The van der Waals surface area contributed by atoms with E-state index in [1.165, 1.54) is 0 Å². The molecule has 0 fully saturated rings. The fourth-order valence-electron chi connectivity index (χ4n) is 2.20. The number of ether oxygens (including phenoxy) is 1. The van der Waals surface area contributed by atoms with Gasteiger partial charge in [-0.25, -0.2) is 0 Å². The van der Waals surface area contributed by atoms with Crippen LogP contribution in [-0.4, -0.2) is 16.7 Å². The highest BCUT2D eigenvalue weighted by molar-refractivity contribution is 5.41. The molecule has 0 saturated carbocycles. The lowest BCUT2D eigenvalue weighted by molar-refractivity contribution is -0.0203. The summed E-state index contributed by atoms with van der Waals surface area (Å²) in [4.78, 5) is 4.48.